The zero-order chi connectivity index (χ0) is 45.4. The summed E-state index contributed by atoms with van der Waals surface area (Å²) in [4.78, 5) is 38.6. The van der Waals surface area contributed by atoms with Gasteiger partial charge in [0.1, 0.15) is 23.7 Å². The Bertz CT molecular complexity index is 2190. The van der Waals surface area contributed by atoms with Crippen molar-refractivity contribution in [1.82, 2.24) is 25.3 Å². The minimum absolute atomic E-state index is 0.0737. The van der Waals surface area contributed by atoms with E-state index in [4.69, 9.17) is 9.57 Å². The van der Waals surface area contributed by atoms with Crippen LogP contribution in [0.5, 0.6) is 5.75 Å². The zero-order valence-electron chi connectivity index (χ0n) is 37.6. The number of hydrogen-bond acceptors (Lipinski definition) is 11. The number of likely N-dealkylation sites (N-methyl/N-ethyl adjacent to an activating group) is 1. The number of nitrogens with one attached hydrogen (secondary N) is 3. The van der Waals surface area contributed by atoms with Crippen LogP contribution in [0.2, 0.25) is 0 Å². The molecule has 3 aromatic carbocycles. The Labute approximate surface area is 366 Å². The number of carbonyl (C=O) groups is 2. The Hall–Kier alpha value is -4.16. The number of aliphatic hydroxyl groups excluding tert-OH is 2. The van der Waals surface area contributed by atoms with Crippen LogP contribution in [-0.2, 0) is 26.2 Å². The third-order valence-corrected chi connectivity index (χ3v) is 14.3. The summed E-state index contributed by atoms with van der Waals surface area (Å²) in [6.07, 6.45) is 1.08. The lowest BCUT2D eigenvalue weighted by atomic mass is 9.45. The maximum absolute atomic E-state index is 16.2. The molecule has 62 heavy (non-hydrogen) atoms. The number of aliphatic hydroxyl groups is 2. The Kier molecular flexibility index (Phi) is 14.4. The van der Waals surface area contributed by atoms with Crippen LogP contribution in [0.15, 0.2) is 60.7 Å². The summed E-state index contributed by atoms with van der Waals surface area (Å²) in [5.74, 6) is -0.924. The van der Waals surface area contributed by atoms with Crippen molar-refractivity contribution in [3.63, 3.8) is 0 Å². The second kappa shape index (κ2) is 18.9. The topological polar surface area (TPSA) is 173 Å². The van der Waals surface area contributed by atoms with E-state index in [-0.39, 0.29) is 46.7 Å². The van der Waals surface area contributed by atoms with Crippen molar-refractivity contribution in [2.75, 3.05) is 59.6 Å². The fraction of sp³-hybridized carbons (Fsp3) is 0.565. The molecule has 0 aromatic heterocycles. The number of carbonyl (C=O) groups excluding carboxylic acids is 2. The van der Waals surface area contributed by atoms with Gasteiger partial charge in [0.2, 0.25) is 15.9 Å². The monoisotopic (exact) mass is 880 g/mol. The molecule has 340 valence electrons. The van der Waals surface area contributed by atoms with Gasteiger partial charge in [0.25, 0.3) is 5.91 Å². The van der Waals surface area contributed by atoms with Crippen molar-refractivity contribution in [1.29, 1.82) is 0 Å². The standard InChI is InChI=1S/C46H65FN6O8S/c1-26-35-21-31(46(35,3)4)22-37(26)48-45(57)42-40(27(2)55)39(25-54)61-53(42)23-34-36(47)17-16-33(43(34)60-9)29-18-30(20-32(19-29)52(7)8)44(56)49-38(24-51(5)6)41(50-62(10,58)59)28-14-12-11-13-15-28/h11-20,26-27,31,35,37-42,50,54-55H,21-25H2,1-10H3,(H,48,57)(H,49,56)/t26-,27-,31+,35-,37-,38+,39-,40+,41?,42-/m0/s1. The van der Waals surface area contributed by atoms with Crippen molar-refractivity contribution in [2.24, 2.45) is 29.1 Å². The highest BCUT2D eigenvalue weighted by atomic mass is 32.2. The van der Waals surface area contributed by atoms with E-state index in [0.29, 0.717) is 40.8 Å². The molecule has 3 aromatic rings. The van der Waals surface area contributed by atoms with Crippen molar-refractivity contribution < 1.29 is 42.2 Å². The summed E-state index contributed by atoms with van der Waals surface area (Å²) in [6.45, 7) is 7.87. The third-order valence-electron chi connectivity index (χ3n) is 13.6. The molecule has 16 heteroatoms. The quantitative estimate of drug-likeness (QED) is 0.132. The molecule has 4 aliphatic rings. The second-order valence-corrected chi connectivity index (χ2v) is 20.4. The maximum atomic E-state index is 16.2. The van der Waals surface area contributed by atoms with Crippen LogP contribution in [0.4, 0.5) is 10.1 Å². The van der Waals surface area contributed by atoms with Crippen molar-refractivity contribution >= 4 is 27.5 Å². The number of benzene rings is 3. The molecule has 3 saturated carbocycles. The SMILES string of the molecule is COc1c(-c2cc(C(=O)N[C@H](CN(C)C)C(NS(C)(=O)=O)c3ccccc3)cc(N(C)C)c2)ccc(F)c1CN1O[C@@H](CO)[C@@H]([C@H](C)O)[C@H]1C(=O)N[C@H]1C[C@H]2C[C@@H]([C@@H]1C)C2(C)C. The molecule has 2 bridgehead atoms. The minimum atomic E-state index is -3.70. The summed E-state index contributed by atoms with van der Waals surface area (Å²) < 4.78 is 50.1. The summed E-state index contributed by atoms with van der Waals surface area (Å²) in [7, 11) is 5.04. The molecule has 5 N–H and O–H groups in total. The number of fused-ring (bicyclic) bond motifs is 2. The summed E-state index contributed by atoms with van der Waals surface area (Å²) >= 11 is 0. The van der Waals surface area contributed by atoms with Crippen LogP contribution >= 0.6 is 0 Å². The average Bonchev–Trinajstić information content (AvgIpc) is 3.59. The van der Waals surface area contributed by atoms with E-state index in [1.54, 1.807) is 49.4 Å². The van der Waals surface area contributed by atoms with Crippen LogP contribution in [-0.4, -0.2) is 125 Å². The summed E-state index contributed by atoms with van der Waals surface area (Å²) in [6, 6.07) is 14.5. The predicted molar refractivity (Wildman–Crippen MR) is 237 cm³/mol. The summed E-state index contributed by atoms with van der Waals surface area (Å²) in [5.41, 5.74) is 2.85. The van der Waals surface area contributed by atoms with Gasteiger partial charge in [0.05, 0.1) is 44.7 Å². The van der Waals surface area contributed by atoms with Crippen LogP contribution < -0.4 is 25.0 Å². The lowest BCUT2D eigenvalue weighted by Crippen LogP contribution is -2.62. The molecule has 0 radical (unpaired) electrons. The molecule has 4 fully saturated rings. The molecular weight excluding hydrogens is 816 g/mol. The van der Waals surface area contributed by atoms with Gasteiger partial charge >= 0.3 is 0 Å². The van der Waals surface area contributed by atoms with E-state index in [1.807, 2.05) is 50.1 Å². The normalized spacial score (nSPS) is 26.0. The fourth-order valence-electron chi connectivity index (χ4n) is 10.2. The molecule has 14 nitrogen and oxygen atoms in total. The first kappa shape index (κ1) is 47.3. The number of nitrogens with zero attached hydrogens (tertiary/aromatic N) is 3. The highest BCUT2D eigenvalue weighted by Gasteiger charge is 2.57. The number of anilines is 1. The van der Waals surface area contributed by atoms with E-state index in [9.17, 15) is 28.2 Å². The minimum Gasteiger partial charge on any atom is -0.496 e. The maximum Gasteiger partial charge on any atom is 0.251 e. The summed E-state index contributed by atoms with van der Waals surface area (Å²) in [5, 5.41) is 29.1. The fourth-order valence-corrected chi connectivity index (χ4v) is 10.9. The van der Waals surface area contributed by atoms with Crippen LogP contribution in [0, 0.1) is 34.9 Å². The van der Waals surface area contributed by atoms with Gasteiger partial charge in [-0.05, 0) is 98.5 Å². The van der Waals surface area contributed by atoms with Crippen LogP contribution in [0.3, 0.4) is 0 Å². The first-order valence-corrected chi connectivity index (χ1v) is 23.2. The molecule has 10 atom stereocenters. The number of halogens is 1. The van der Waals surface area contributed by atoms with Crippen LogP contribution in [0.25, 0.3) is 11.1 Å². The van der Waals surface area contributed by atoms with Gasteiger partial charge in [0, 0.05) is 55.0 Å². The number of hydroxylamine groups is 2. The van der Waals surface area contributed by atoms with Gasteiger partial charge in [-0.2, -0.15) is 5.06 Å². The third kappa shape index (κ3) is 9.96. The van der Waals surface area contributed by atoms with Crippen molar-refractivity contribution in [3.8, 4) is 16.9 Å². The molecule has 3 aliphatic carbocycles. The number of hydrogen-bond donors (Lipinski definition) is 5. The molecule has 2 amide bonds. The Morgan fingerprint density at radius 1 is 1.06 bits per heavy atom. The van der Waals surface area contributed by atoms with Gasteiger partial charge in [-0.25, -0.2) is 17.5 Å². The van der Waals surface area contributed by atoms with E-state index in [1.165, 1.54) is 18.2 Å². The van der Waals surface area contributed by atoms with Gasteiger partial charge in [-0.3, -0.25) is 14.4 Å². The van der Waals surface area contributed by atoms with E-state index >= 15 is 4.39 Å². The molecular formula is C46H65FN6O8S. The molecule has 1 saturated heterocycles. The molecule has 1 aliphatic heterocycles. The number of rotatable bonds is 17. The lowest BCUT2D eigenvalue weighted by Gasteiger charge is -2.62. The lowest BCUT2D eigenvalue weighted by molar-refractivity contribution is -0.183. The van der Waals surface area contributed by atoms with Gasteiger partial charge in [-0.15, -0.1) is 0 Å². The average molecular weight is 881 g/mol. The largest absolute Gasteiger partial charge is 0.496 e. The number of amides is 2. The Balaban J connectivity index is 1.34. The second-order valence-electron chi connectivity index (χ2n) is 18.6. The first-order valence-electron chi connectivity index (χ1n) is 21.3. The highest BCUT2D eigenvalue weighted by Crippen LogP contribution is 2.61. The van der Waals surface area contributed by atoms with Crippen LogP contribution in [0.1, 0.15) is 68.1 Å². The zero-order valence-corrected chi connectivity index (χ0v) is 38.4. The van der Waals surface area contributed by atoms with E-state index < -0.39 is 64.6 Å². The first-order chi connectivity index (χ1) is 29.1. The number of methoxy groups -OCH3 is 1. The van der Waals surface area contributed by atoms with Gasteiger partial charge < -0.3 is 35.4 Å². The highest BCUT2D eigenvalue weighted by molar-refractivity contribution is 7.88. The van der Waals surface area contributed by atoms with Crippen molar-refractivity contribution in [2.45, 2.75) is 83.5 Å². The van der Waals surface area contributed by atoms with E-state index in [2.05, 4.69) is 36.1 Å². The molecule has 1 unspecified atom stereocenters. The molecule has 1 heterocycles. The van der Waals surface area contributed by atoms with Gasteiger partial charge in [-0.1, -0.05) is 51.1 Å². The predicted octanol–water partition coefficient (Wildman–Crippen LogP) is 4.18. The van der Waals surface area contributed by atoms with Gasteiger partial charge in [0.15, 0.2) is 0 Å². The number of ether oxygens (including phenoxy) is 1. The Morgan fingerprint density at radius 3 is 2.32 bits per heavy atom. The smallest absolute Gasteiger partial charge is 0.251 e. The van der Waals surface area contributed by atoms with Crippen molar-refractivity contribution in [3.05, 3.63) is 83.2 Å². The molecule has 0 spiro atoms. The number of sulfonamides is 1. The Morgan fingerprint density at radius 2 is 1.76 bits per heavy atom. The van der Waals surface area contributed by atoms with E-state index in [0.717, 1.165) is 19.1 Å². The molecule has 7 rings (SSSR count).